The number of piperazine rings is 1. The van der Waals surface area contributed by atoms with Crippen LogP contribution in [0.1, 0.15) is 6.92 Å². The molecule has 1 heterocycles. The largest absolute Gasteiger partial charge is 0.495 e. The molecule has 2 rings (SSSR count). The van der Waals surface area contributed by atoms with E-state index < -0.39 is 0 Å². The molecule has 1 fully saturated rings. The number of rotatable bonds is 6. The number of methoxy groups -OCH3 is 1. The topological polar surface area (TPSA) is 73.9 Å². The first kappa shape index (κ1) is 18.2. The summed E-state index contributed by atoms with van der Waals surface area (Å²) in [4.78, 5) is 28.2. The van der Waals surface area contributed by atoms with Gasteiger partial charge in [-0.05, 0) is 19.1 Å². The van der Waals surface area contributed by atoms with Gasteiger partial charge in [0, 0.05) is 33.2 Å². The summed E-state index contributed by atoms with van der Waals surface area (Å²) >= 11 is 0. The van der Waals surface area contributed by atoms with Crippen LogP contribution >= 0.6 is 0 Å². The summed E-state index contributed by atoms with van der Waals surface area (Å²) in [5.41, 5.74) is 0.676. The molecule has 0 saturated carbocycles. The molecule has 7 nitrogen and oxygen atoms in total. The number of benzene rings is 1. The van der Waals surface area contributed by atoms with Gasteiger partial charge in [-0.15, -0.1) is 0 Å². The van der Waals surface area contributed by atoms with Crippen molar-refractivity contribution in [3.05, 3.63) is 24.3 Å². The Kier molecular flexibility index (Phi) is 6.57. The zero-order chi connectivity index (χ0) is 17.5. The van der Waals surface area contributed by atoms with Crippen LogP contribution in [0.3, 0.4) is 0 Å². The van der Waals surface area contributed by atoms with Crippen molar-refractivity contribution in [1.82, 2.24) is 15.1 Å². The highest BCUT2D eigenvalue weighted by molar-refractivity contribution is 5.95. The molecule has 0 bridgehead atoms. The van der Waals surface area contributed by atoms with Crippen LogP contribution in [0.4, 0.5) is 5.69 Å². The fourth-order valence-electron chi connectivity index (χ4n) is 2.74. The summed E-state index contributed by atoms with van der Waals surface area (Å²) < 4.78 is 5.26. The van der Waals surface area contributed by atoms with Crippen molar-refractivity contribution < 1.29 is 14.3 Å². The molecular weight excluding hydrogens is 308 g/mol. The van der Waals surface area contributed by atoms with E-state index >= 15 is 0 Å². The van der Waals surface area contributed by atoms with Gasteiger partial charge in [0.1, 0.15) is 5.75 Å². The van der Waals surface area contributed by atoms with Crippen molar-refractivity contribution in [2.24, 2.45) is 0 Å². The van der Waals surface area contributed by atoms with Crippen LogP contribution in [0.25, 0.3) is 0 Å². The first-order valence-corrected chi connectivity index (χ1v) is 8.16. The van der Waals surface area contributed by atoms with Gasteiger partial charge >= 0.3 is 0 Å². The Labute approximate surface area is 142 Å². The molecule has 1 aliphatic rings. The minimum absolute atomic E-state index is 0.0189. The van der Waals surface area contributed by atoms with E-state index in [1.165, 1.54) is 0 Å². The number of hydrogen-bond donors (Lipinski definition) is 2. The highest BCUT2D eigenvalue weighted by atomic mass is 16.5. The summed E-state index contributed by atoms with van der Waals surface area (Å²) in [6.45, 7) is 5.39. The van der Waals surface area contributed by atoms with Gasteiger partial charge in [-0.2, -0.15) is 0 Å². The van der Waals surface area contributed by atoms with Crippen molar-refractivity contribution in [1.29, 1.82) is 0 Å². The van der Waals surface area contributed by atoms with Crippen molar-refractivity contribution in [2.75, 3.05) is 52.2 Å². The number of amides is 2. The van der Waals surface area contributed by atoms with Crippen LogP contribution < -0.4 is 15.4 Å². The Morgan fingerprint density at radius 1 is 1.21 bits per heavy atom. The van der Waals surface area contributed by atoms with E-state index in [-0.39, 0.29) is 17.9 Å². The summed E-state index contributed by atoms with van der Waals surface area (Å²) in [7, 11) is 3.23. The Bertz CT molecular complexity index is 571. The fraction of sp³-hybridized carbons (Fsp3) is 0.529. The van der Waals surface area contributed by atoms with Gasteiger partial charge < -0.3 is 15.4 Å². The maximum Gasteiger partial charge on any atom is 0.241 e. The van der Waals surface area contributed by atoms with Crippen LogP contribution in [0.5, 0.6) is 5.75 Å². The van der Waals surface area contributed by atoms with Crippen LogP contribution in [-0.2, 0) is 9.59 Å². The smallest absolute Gasteiger partial charge is 0.241 e. The number of anilines is 1. The molecule has 24 heavy (non-hydrogen) atoms. The zero-order valence-corrected chi connectivity index (χ0v) is 14.5. The van der Waals surface area contributed by atoms with Crippen molar-refractivity contribution in [3.8, 4) is 5.75 Å². The summed E-state index contributed by atoms with van der Waals surface area (Å²) in [6, 6.07) is 7.13. The van der Waals surface area contributed by atoms with E-state index in [1.807, 2.05) is 31.2 Å². The molecule has 1 aliphatic heterocycles. The Balaban J connectivity index is 1.87. The lowest BCUT2D eigenvalue weighted by Crippen LogP contribution is -2.54. The van der Waals surface area contributed by atoms with Crippen molar-refractivity contribution >= 4 is 17.5 Å². The number of carbonyl (C=O) groups is 2. The van der Waals surface area contributed by atoms with Crippen LogP contribution in [0.15, 0.2) is 24.3 Å². The van der Waals surface area contributed by atoms with Gasteiger partial charge in [-0.3, -0.25) is 19.4 Å². The Hall–Kier alpha value is -2.12. The van der Waals surface area contributed by atoms with E-state index in [0.717, 1.165) is 26.2 Å². The van der Waals surface area contributed by atoms with Crippen molar-refractivity contribution in [2.45, 2.75) is 13.0 Å². The van der Waals surface area contributed by atoms with Gasteiger partial charge in [0.05, 0.1) is 25.4 Å². The van der Waals surface area contributed by atoms with Crippen LogP contribution in [-0.4, -0.2) is 74.5 Å². The monoisotopic (exact) mass is 334 g/mol. The fourth-order valence-corrected chi connectivity index (χ4v) is 2.74. The minimum atomic E-state index is -0.239. The molecule has 0 aliphatic carbocycles. The molecule has 0 radical (unpaired) electrons. The standard InChI is InChI=1S/C17H26N4O3/c1-13(17(23)19-14-6-4-5-7-15(14)24-3)21-10-8-20(9-11-21)12-16(22)18-2/h4-7,13H,8-12H2,1-3H3,(H,18,22)(H,19,23)/t13-/m0/s1. The Morgan fingerprint density at radius 3 is 2.50 bits per heavy atom. The zero-order valence-electron chi connectivity index (χ0n) is 14.5. The third kappa shape index (κ3) is 4.69. The SMILES string of the molecule is CNC(=O)CN1CCN([C@@H](C)C(=O)Nc2ccccc2OC)CC1. The molecule has 132 valence electrons. The highest BCUT2D eigenvalue weighted by Gasteiger charge is 2.26. The molecule has 1 saturated heterocycles. The number of para-hydroxylation sites is 2. The van der Waals surface area contributed by atoms with E-state index in [9.17, 15) is 9.59 Å². The van der Waals surface area contributed by atoms with Gasteiger partial charge in [-0.25, -0.2) is 0 Å². The third-order valence-corrected chi connectivity index (χ3v) is 4.34. The highest BCUT2D eigenvalue weighted by Crippen LogP contribution is 2.23. The lowest BCUT2D eigenvalue weighted by molar-refractivity contribution is -0.124. The summed E-state index contributed by atoms with van der Waals surface area (Å²) in [5.74, 6) is 0.609. The molecule has 2 N–H and O–H groups in total. The number of carbonyl (C=O) groups excluding carboxylic acids is 2. The average Bonchev–Trinajstić information content (AvgIpc) is 2.62. The second kappa shape index (κ2) is 8.65. The predicted molar refractivity (Wildman–Crippen MR) is 93.2 cm³/mol. The number of ether oxygens (including phenoxy) is 1. The van der Waals surface area contributed by atoms with Gasteiger partial charge in [-0.1, -0.05) is 12.1 Å². The Morgan fingerprint density at radius 2 is 1.88 bits per heavy atom. The molecule has 1 atom stereocenters. The molecule has 7 heteroatoms. The second-order valence-corrected chi connectivity index (χ2v) is 5.85. The van der Waals surface area contributed by atoms with E-state index in [1.54, 1.807) is 14.2 Å². The molecule has 1 aromatic carbocycles. The first-order valence-electron chi connectivity index (χ1n) is 8.16. The van der Waals surface area contributed by atoms with E-state index in [0.29, 0.717) is 18.0 Å². The molecule has 2 amide bonds. The quantitative estimate of drug-likeness (QED) is 0.787. The maximum absolute atomic E-state index is 12.5. The predicted octanol–water partition coefficient (Wildman–Crippen LogP) is 0.386. The normalized spacial score (nSPS) is 17.1. The number of nitrogens with one attached hydrogen (secondary N) is 2. The molecule has 1 aromatic rings. The van der Waals surface area contributed by atoms with Gasteiger partial charge in [0.25, 0.3) is 0 Å². The van der Waals surface area contributed by atoms with E-state index in [4.69, 9.17) is 4.74 Å². The second-order valence-electron chi connectivity index (χ2n) is 5.85. The molecule has 0 unspecified atom stereocenters. The minimum Gasteiger partial charge on any atom is -0.495 e. The number of likely N-dealkylation sites (N-methyl/N-ethyl adjacent to an activating group) is 1. The van der Waals surface area contributed by atoms with Gasteiger partial charge in [0.15, 0.2) is 0 Å². The molecule has 0 aromatic heterocycles. The van der Waals surface area contributed by atoms with Crippen molar-refractivity contribution in [3.63, 3.8) is 0 Å². The van der Waals surface area contributed by atoms with Crippen LogP contribution in [0, 0.1) is 0 Å². The van der Waals surface area contributed by atoms with E-state index in [2.05, 4.69) is 20.4 Å². The summed E-state index contributed by atoms with van der Waals surface area (Å²) in [5, 5.41) is 5.56. The average molecular weight is 334 g/mol. The van der Waals surface area contributed by atoms with Gasteiger partial charge in [0.2, 0.25) is 11.8 Å². The lowest BCUT2D eigenvalue weighted by Gasteiger charge is -2.37. The third-order valence-electron chi connectivity index (χ3n) is 4.34. The van der Waals surface area contributed by atoms with Crippen LogP contribution in [0.2, 0.25) is 0 Å². The lowest BCUT2D eigenvalue weighted by atomic mass is 10.2. The molecule has 0 spiro atoms. The number of hydrogen-bond acceptors (Lipinski definition) is 5. The molecular formula is C17H26N4O3. The number of nitrogens with zero attached hydrogens (tertiary/aromatic N) is 2. The first-order chi connectivity index (χ1) is 11.5. The maximum atomic E-state index is 12.5. The summed E-state index contributed by atoms with van der Waals surface area (Å²) in [6.07, 6.45) is 0.